The normalized spacial score (nSPS) is 11.9. The van der Waals surface area contributed by atoms with Gasteiger partial charge in [0.15, 0.2) is 5.78 Å². The summed E-state index contributed by atoms with van der Waals surface area (Å²) in [5.74, 6) is -0.0553. The van der Waals surface area contributed by atoms with Crippen molar-refractivity contribution in [1.82, 2.24) is 0 Å². The van der Waals surface area contributed by atoms with E-state index in [1.54, 1.807) is 26.0 Å². The van der Waals surface area contributed by atoms with E-state index in [2.05, 4.69) is 12.2 Å². The van der Waals surface area contributed by atoms with Gasteiger partial charge in [-0.1, -0.05) is 31.4 Å². The highest BCUT2D eigenvalue weighted by Gasteiger charge is 2.16. The minimum Gasteiger partial charge on any atom is -0.508 e. The molecule has 0 bridgehead atoms. The van der Waals surface area contributed by atoms with Crippen molar-refractivity contribution >= 4 is 5.78 Å². The fraction of sp³-hybridized carbons (Fsp3) is 0.516. The number of aliphatic hydroxyl groups is 1. The largest absolute Gasteiger partial charge is 0.508 e. The first-order valence-electron chi connectivity index (χ1n) is 13.5. The maximum atomic E-state index is 12.1. The molecule has 6 heteroatoms. The van der Waals surface area contributed by atoms with Crippen molar-refractivity contribution in [1.29, 1.82) is 0 Å². The molecule has 2 aromatic rings. The second-order valence-corrected chi connectivity index (χ2v) is 10.6. The SMILES string of the molecule is CC(C)(O)CCc1c(O)cc(CCCCCCC/C=C\CCCCC(=O)c2cc(O)cc(O)c2)cc1O. The van der Waals surface area contributed by atoms with Gasteiger partial charge in [0.1, 0.15) is 23.0 Å². The molecular formula is C31H44O6. The van der Waals surface area contributed by atoms with Crippen LogP contribution in [-0.2, 0) is 12.8 Å². The van der Waals surface area contributed by atoms with Gasteiger partial charge in [-0.05, 0) is 101 Å². The summed E-state index contributed by atoms with van der Waals surface area (Å²) in [5.41, 5.74) is 0.951. The minimum atomic E-state index is -0.836. The summed E-state index contributed by atoms with van der Waals surface area (Å²) in [6, 6.07) is 7.45. The summed E-state index contributed by atoms with van der Waals surface area (Å²) in [6.07, 6.45) is 15.8. The molecule has 0 aliphatic carbocycles. The van der Waals surface area contributed by atoms with Crippen LogP contribution >= 0.6 is 0 Å². The maximum absolute atomic E-state index is 12.1. The number of rotatable bonds is 17. The van der Waals surface area contributed by atoms with Gasteiger partial charge in [-0.15, -0.1) is 0 Å². The van der Waals surface area contributed by atoms with E-state index in [9.17, 15) is 30.3 Å². The fourth-order valence-corrected chi connectivity index (χ4v) is 4.34. The van der Waals surface area contributed by atoms with E-state index in [1.165, 1.54) is 24.6 Å². The first-order chi connectivity index (χ1) is 17.5. The number of aromatic hydroxyl groups is 4. The van der Waals surface area contributed by atoms with Gasteiger partial charge in [0.25, 0.3) is 0 Å². The number of hydrogen-bond donors (Lipinski definition) is 5. The van der Waals surface area contributed by atoms with Gasteiger partial charge >= 0.3 is 0 Å². The molecule has 37 heavy (non-hydrogen) atoms. The molecule has 2 aromatic carbocycles. The Labute approximate surface area is 221 Å². The second-order valence-electron chi connectivity index (χ2n) is 10.6. The van der Waals surface area contributed by atoms with Crippen molar-refractivity contribution in [2.75, 3.05) is 0 Å². The molecule has 0 unspecified atom stereocenters. The average Bonchev–Trinajstić information content (AvgIpc) is 2.80. The second kappa shape index (κ2) is 15.3. The highest BCUT2D eigenvalue weighted by Crippen LogP contribution is 2.32. The van der Waals surface area contributed by atoms with Gasteiger partial charge in [0, 0.05) is 23.6 Å². The van der Waals surface area contributed by atoms with E-state index < -0.39 is 5.60 Å². The zero-order chi connectivity index (χ0) is 27.3. The number of allylic oxidation sites excluding steroid dienone is 2. The van der Waals surface area contributed by atoms with Gasteiger partial charge in [0.2, 0.25) is 0 Å². The van der Waals surface area contributed by atoms with Crippen LogP contribution < -0.4 is 0 Å². The Morgan fingerprint density at radius 2 is 1.27 bits per heavy atom. The van der Waals surface area contributed by atoms with Crippen molar-refractivity contribution in [3.05, 3.63) is 59.2 Å². The van der Waals surface area contributed by atoms with E-state index in [4.69, 9.17) is 0 Å². The third kappa shape index (κ3) is 12.2. The molecule has 0 aliphatic rings. The average molecular weight is 513 g/mol. The summed E-state index contributed by atoms with van der Waals surface area (Å²) >= 11 is 0. The van der Waals surface area contributed by atoms with Crippen LogP contribution in [-0.4, -0.2) is 36.9 Å². The van der Waals surface area contributed by atoms with E-state index in [-0.39, 0.29) is 28.8 Å². The van der Waals surface area contributed by atoms with Gasteiger partial charge in [-0.3, -0.25) is 4.79 Å². The van der Waals surface area contributed by atoms with Gasteiger partial charge < -0.3 is 25.5 Å². The molecular weight excluding hydrogens is 468 g/mol. The monoisotopic (exact) mass is 512 g/mol. The lowest BCUT2D eigenvalue weighted by Gasteiger charge is -2.18. The van der Waals surface area contributed by atoms with Crippen molar-refractivity contribution in [2.24, 2.45) is 0 Å². The third-order valence-electron chi connectivity index (χ3n) is 6.50. The number of Topliss-reactive ketones (excluding diaryl/α,β-unsaturated/α-hetero) is 1. The molecule has 204 valence electrons. The first kappa shape index (κ1) is 30.2. The van der Waals surface area contributed by atoms with Crippen molar-refractivity contribution in [3.63, 3.8) is 0 Å². The molecule has 0 amide bonds. The number of benzene rings is 2. The van der Waals surface area contributed by atoms with Crippen molar-refractivity contribution in [2.45, 2.75) is 103 Å². The predicted molar refractivity (Wildman–Crippen MR) is 148 cm³/mol. The summed E-state index contributed by atoms with van der Waals surface area (Å²) < 4.78 is 0. The summed E-state index contributed by atoms with van der Waals surface area (Å²) in [5, 5.41) is 49.4. The molecule has 6 nitrogen and oxygen atoms in total. The Morgan fingerprint density at radius 1 is 0.730 bits per heavy atom. The highest BCUT2D eigenvalue weighted by molar-refractivity contribution is 5.96. The summed E-state index contributed by atoms with van der Waals surface area (Å²) in [4.78, 5) is 12.1. The Balaban J connectivity index is 1.51. The van der Waals surface area contributed by atoms with Gasteiger partial charge in [0.05, 0.1) is 5.60 Å². The van der Waals surface area contributed by atoms with Crippen LogP contribution in [0.1, 0.15) is 106 Å². The summed E-state index contributed by atoms with van der Waals surface area (Å²) in [6.45, 7) is 3.43. The molecule has 0 heterocycles. The molecule has 0 fully saturated rings. The first-order valence-corrected chi connectivity index (χ1v) is 13.5. The van der Waals surface area contributed by atoms with E-state index in [0.717, 1.165) is 63.4 Å². The van der Waals surface area contributed by atoms with Gasteiger partial charge in [-0.25, -0.2) is 0 Å². The van der Waals surface area contributed by atoms with Crippen molar-refractivity contribution < 1.29 is 30.3 Å². The summed E-state index contributed by atoms with van der Waals surface area (Å²) in [7, 11) is 0. The molecule has 0 aliphatic heterocycles. The number of phenols is 4. The minimum absolute atomic E-state index is 0.0667. The number of hydrogen-bond acceptors (Lipinski definition) is 6. The van der Waals surface area contributed by atoms with Crippen LogP contribution in [0.2, 0.25) is 0 Å². The van der Waals surface area contributed by atoms with Crippen LogP contribution in [0.5, 0.6) is 23.0 Å². The molecule has 0 radical (unpaired) electrons. The van der Waals surface area contributed by atoms with Crippen LogP contribution in [0.25, 0.3) is 0 Å². The standard InChI is InChI=1S/C31H44O6/c1-31(2,37)17-16-27-29(35)18-23(19-30(27)36)14-12-10-8-6-4-3-5-7-9-11-13-15-28(34)24-20-25(32)22-26(33)21-24/h5,7,18-22,32-33,35-37H,3-4,6,8-17H2,1-2H3/b7-5-. The number of phenolic OH excluding ortho intramolecular Hbond substituents is 4. The number of unbranched alkanes of at least 4 members (excludes halogenated alkanes) is 7. The van der Waals surface area contributed by atoms with E-state index in [0.29, 0.717) is 30.4 Å². The zero-order valence-electron chi connectivity index (χ0n) is 22.4. The van der Waals surface area contributed by atoms with Crippen molar-refractivity contribution in [3.8, 4) is 23.0 Å². The molecule has 0 spiro atoms. The quantitative estimate of drug-likeness (QED) is 0.0877. The lowest BCUT2D eigenvalue weighted by molar-refractivity contribution is 0.0711. The molecule has 2 rings (SSSR count). The number of carbonyl (C=O) groups excluding carboxylic acids is 1. The lowest BCUT2D eigenvalue weighted by Crippen LogP contribution is -2.19. The molecule has 5 N–H and O–H groups in total. The van der Waals surface area contributed by atoms with E-state index in [1.807, 2.05) is 0 Å². The van der Waals surface area contributed by atoms with Crippen LogP contribution in [0.3, 0.4) is 0 Å². The highest BCUT2D eigenvalue weighted by atomic mass is 16.3. The topological polar surface area (TPSA) is 118 Å². The Bertz CT molecular complexity index is 976. The zero-order valence-corrected chi connectivity index (χ0v) is 22.4. The predicted octanol–water partition coefficient (Wildman–Crippen LogP) is 7.10. The van der Waals surface area contributed by atoms with Gasteiger partial charge in [-0.2, -0.15) is 0 Å². The Hall–Kier alpha value is -2.99. The maximum Gasteiger partial charge on any atom is 0.163 e. The lowest BCUT2D eigenvalue weighted by atomic mass is 9.96. The molecule has 0 saturated heterocycles. The van der Waals surface area contributed by atoms with Crippen LogP contribution in [0.4, 0.5) is 0 Å². The molecule has 0 atom stereocenters. The number of carbonyl (C=O) groups is 1. The number of aryl methyl sites for hydroxylation is 1. The fourth-order valence-electron chi connectivity index (χ4n) is 4.34. The molecule has 0 aromatic heterocycles. The van der Waals surface area contributed by atoms with Crippen LogP contribution in [0.15, 0.2) is 42.5 Å². The van der Waals surface area contributed by atoms with E-state index >= 15 is 0 Å². The Kier molecular flexibility index (Phi) is 12.5. The Morgan fingerprint density at radius 3 is 1.86 bits per heavy atom. The smallest absolute Gasteiger partial charge is 0.163 e. The molecule has 0 saturated carbocycles. The van der Waals surface area contributed by atoms with Crippen LogP contribution in [0, 0.1) is 0 Å². The number of ketones is 1. The third-order valence-corrected chi connectivity index (χ3v) is 6.50.